The maximum absolute atomic E-state index is 14.0. The Morgan fingerprint density at radius 3 is 2.53 bits per heavy atom. The second-order valence-electron chi connectivity index (χ2n) is 4.24. The van der Waals surface area contributed by atoms with Gasteiger partial charge >= 0.3 is 0 Å². The van der Waals surface area contributed by atoms with Gasteiger partial charge in [0.25, 0.3) is 0 Å². The van der Waals surface area contributed by atoms with Crippen LogP contribution in [0, 0.1) is 19.7 Å². The third-order valence-corrected chi connectivity index (χ3v) is 3.38. The quantitative estimate of drug-likeness (QED) is 0.817. The van der Waals surface area contributed by atoms with Crippen LogP contribution in [0.3, 0.4) is 0 Å². The van der Waals surface area contributed by atoms with Crippen molar-refractivity contribution in [3.05, 3.63) is 40.2 Å². The van der Waals surface area contributed by atoms with Crippen molar-refractivity contribution >= 4 is 28.1 Å². The summed E-state index contributed by atoms with van der Waals surface area (Å²) in [6.07, 6.45) is 0. The van der Waals surface area contributed by atoms with Gasteiger partial charge < -0.3 is 5.32 Å². The molecule has 0 spiro atoms. The average Bonchev–Trinajstić information content (AvgIpc) is 2.29. The van der Waals surface area contributed by atoms with E-state index >= 15 is 0 Å². The first-order valence-electron chi connectivity index (χ1n) is 5.67. The summed E-state index contributed by atoms with van der Waals surface area (Å²) >= 11 is 5.92. The number of halogens is 2. The molecule has 0 bridgehead atoms. The average molecular weight is 252 g/mol. The predicted octanol–water partition coefficient (Wildman–Crippen LogP) is 4.68. The summed E-state index contributed by atoms with van der Waals surface area (Å²) < 4.78 is 14.0. The Kier molecular flexibility index (Phi) is 3.25. The van der Waals surface area contributed by atoms with Crippen molar-refractivity contribution in [3.8, 4) is 0 Å². The fraction of sp³-hybridized carbons (Fsp3) is 0.286. The molecule has 0 heterocycles. The monoisotopic (exact) mass is 251 g/mol. The zero-order chi connectivity index (χ0) is 12.6. The fourth-order valence-corrected chi connectivity index (χ4v) is 2.16. The van der Waals surface area contributed by atoms with Crippen LogP contribution in [0.15, 0.2) is 18.2 Å². The molecule has 0 fully saturated rings. The van der Waals surface area contributed by atoms with Crippen LogP contribution in [0.5, 0.6) is 0 Å². The van der Waals surface area contributed by atoms with Crippen molar-refractivity contribution in [1.82, 2.24) is 0 Å². The highest BCUT2D eigenvalue weighted by atomic mass is 35.5. The van der Waals surface area contributed by atoms with Crippen molar-refractivity contribution in [1.29, 1.82) is 0 Å². The van der Waals surface area contributed by atoms with Gasteiger partial charge in [-0.1, -0.05) is 11.6 Å². The molecule has 1 N–H and O–H groups in total. The molecule has 1 nitrogen and oxygen atoms in total. The van der Waals surface area contributed by atoms with Gasteiger partial charge in [0.2, 0.25) is 0 Å². The second-order valence-corrected chi connectivity index (χ2v) is 4.62. The van der Waals surface area contributed by atoms with E-state index in [2.05, 4.69) is 5.32 Å². The lowest BCUT2D eigenvalue weighted by Crippen LogP contribution is -1.99. The molecule has 0 amide bonds. The van der Waals surface area contributed by atoms with E-state index in [1.807, 2.05) is 39.0 Å². The molecule has 0 aliphatic heterocycles. The molecule has 0 saturated carbocycles. The van der Waals surface area contributed by atoms with E-state index in [-0.39, 0.29) is 10.8 Å². The zero-order valence-corrected chi connectivity index (χ0v) is 11.0. The van der Waals surface area contributed by atoms with Crippen molar-refractivity contribution in [2.24, 2.45) is 0 Å². The third kappa shape index (κ3) is 2.09. The molecule has 17 heavy (non-hydrogen) atoms. The highest BCUT2D eigenvalue weighted by molar-refractivity contribution is 6.32. The molecule has 2 rings (SSSR count). The number of hydrogen-bond donors (Lipinski definition) is 1. The first-order valence-corrected chi connectivity index (χ1v) is 6.05. The maximum Gasteiger partial charge on any atom is 0.149 e. The molecular formula is C14H15ClFN. The van der Waals surface area contributed by atoms with E-state index in [0.717, 1.165) is 28.7 Å². The summed E-state index contributed by atoms with van der Waals surface area (Å²) in [5.41, 5.74) is 2.84. The number of anilines is 1. The molecule has 0 radical (unpaired) electrons. The molecule has 2 aromatic rings. The summed E-state index contributed by atoms with van der Waals surface area (Å²) in [6, 6.07) is 5.73. The lowest BCUT2D eigenvalue weighted by molar-refractivity contribution is 0.639. The van der Waals surface area contributed by atoms with Crippen LogP contribution in [-0.2, 0) is 0 Å². The normalized spacial score (nSPS) is 10.9. The lowest BCUT2D eigenvalue weighted by atomic mass is 10.0. The summed E-state index contributed by atoms with van der Waals surface area (Å²) in [7, 11) is 0. The number of aryl methyl sites for hydroxylation is 2. The molecule has 0 aliphatic carbocycles. The number of rotatable bonds is 2. The fourth-order valence-electron chi connectivity index (χ4n) is 2.00. The van der Waals surface area contributed by atoms with Gasteiger partial charge in [0, 0.05) is 17.6 Å². The minimum absolute atomic E-state index is 0.216. The van der Waals surface area contributed by atoms with E-state index in [1.54, 1.807) is 0 Å². The van der Waals surface area contributed by atoms with E-state index in [0.29, 0.717) is 5.39 Å². The Morgan fingerprint density at radius 2 is 1.88 bits per heavy atom. The number of nitrogens with one attached hydrogen (secondary N) is 1. The molecule has 0 atom stereocenters. The number of fused-ring (bicyclic) bond motifs is 1. The first-order chi connectivity index (χ1) is 8.04. The van der Waals surface area contributed by atoms with Gasteiger partial charge in [-0.25, -0.2) is 4.39 Å². The van der Waals surface area contributed by atoms with Crippen molar-refractivity contribution in [2.45, 2.75) is 20.8 Å². The van der Waals surface area contributed by atoms with Crippen LogP contribution in [0.25, 0.3) is 10.8 Å². The Morgan fingerprint density at radius 1 is 1.18 bits per heavy atom. The molecule has 0 saturated heterocycles. The van der Waals surface area contributed by atoms with Gasteiger partial charge in [0.15, 0.2) is 0 Å². The van der Waals surface area contributed by atoms with Gasteiger partial charge in [-0.05, 0) is 55.5 Å². The summed E-state index contributed by atoms with van der Waals surface area (Å²) in [6.45, 7) is 6.67. The molecular weight excluding hydrogens is 237 g/mol. The van der Waals surface area contributed by atoms with Crippen molar-refractivity contribution in [2.75, 3.05) is 11.9 Å². The third-order valence-electron chi connectivity index (χ3n) is 2.91. The van der Waals surface area contributed by atoms with E-state index in [4.69, 9.17) is 11.6 Å². The van der Waals surface area contributed by atoms with Gasteiger partial charge in [-0.15, -0.1) is 0 Å². The number of hydrogen-bond acceptors (Lipinski definition) is 1. The molecule has 0 aromatic heterocycles. The van der Waals surface area contributed by atoms with E-state index in [1.165, 1.54) is 0 Å². The van der Waals surface area contributed by atoms with Gasteiger partial charge in [-0.3, -0.25) is 0 Å². The Labute approximate surface area is 106 Å². The minimum Gasteiger partial charge on any atom is -0.385 e. The maximum atomic E-state index is 14.0. The first kappa shape index (κ1) is 12.2. The predicted molar refractivity (Wildman–Crippen MR) is 72.6 cm³/mol. The van der Waals surface area contributed by atoms with Gasteiger partial charge in [0.1, 0.15) is 5.82 Å². The SMILES string of the molecule is CCNc1cc2cc(C)c(Cl)c(F)c2cc1C. The van der Waals surface area contributed by atoms with Crippen LogP contribution in [0.4, 0.5) is 10.1 Å². The highest BCUT2D eigenvalue weighted by Crippen LogP contribution is 2.31. The highest BCUT2D eigenvalue weighted by Gasteiger charge is 2.11. The smallest absolute Gasteiger partial charge is 0.149 e. The Bertz CT molecular complexity index is 578. The minimum atomic E-state index is -0.326. The molecule has 3 heteroatoms. The molecule has 2 aromatic carbocycles. The van der Waals surface area contributed by atoms with Crippen LogP contribution in [0.1, 0.15) is 18.1 Å². The molecule has 0 unspecified atom stereocenters. The second kappa shape index (κ2) is 4.53. The van der Waals surface area contributed by atoms with Crippen molar-refractivity contribution in [3.63, 3.8) is 0 Å². The Hall–Kier alpha value is -1.28. The molecule has 90 valence electrons. The standard InChI is InChI=1S/C14H15ClFN/c1-4-17-12-7-10-5-9(3)13(15)14(16)11(10)6-8(12)2/h5-7,17H,4H2,1-3H3. The van der Waals surface area contributed by atoms with Gasteiger partial charge in [0.05, 0.1) is 5.02 Å². The largest absolute Gasteiger partial charge is 0.385 e. The van der Waals surface area contributed by atoms with Crippen LogP contribution >= 0.6 is 11.6 Å². The lowest BCUT2D eigenvalue weighted by Gasteiger charge is -2.11. The van der Waals surface area contributed by atoms with Crippen LogP contribution < -0.4 is 5.32 Å². The summed E-state index contributed by atoms with van der Waals surface area (Å²) in [5, 5.41) is 4.95. The topological polar surface area (TPSA) is 12.0 Å². The zero-order valence-electron chi connectivity index (χ0n) is 10.2. The van der Waals surface area contributed by atoms with E-state index < -0.39 is 0 Å². The van der Waals surface area contributed by atoms with Crippen LogP contribution in [-0.4, -0.2) is 6.54 Å². The van der Waals surface area contributed by atoms with E-state index in [9.17, 15) is 4.39 Å². The summed E-state index contributed by atoms with van der Waals surface area (Å²) in [5.74, 6) is -0.326. The number of benzene rings is 2. The van der Waals surface area contributed by atoms with Crippen LogP contribution in [0.2, 0.25) is 5.02 Å². The van der Waals surface area contributed by atoms with Crippen molar-refractivity contribution < 1.29 is 4.39 Å². The summed E-state index contributed by atoms with van der Waals surface area (Å²) in [4.78, 5) is 0. The Balaban J connectivity index is 2.74. The van der Waals surface area contributed by atoms with Gasteiger partial charge in [-0.2, -0.15) is 0 Å². The molecule has 0 aliphatic rings.